The number of aliphatic hydroxyl groups is 1. The van der Waals surface area contributed by atoms with Crippen LogP contribution in [0.2, 0.25) is 0 Å². The van der Waals surface area contributed by atoms with Gasteiger partial charge in [-0.3, -0.25) is 0 Å². The third-order valence-corrected chi connectivity index (χ3v) is 3.92. The number of aromatic carboxylic acids is 1. The van der Waals surface area contributed by atoms with Gasteiger partial charge in [-0.1, -0.05) is 25.3 Å². The van der Waals surface area contributed by atoms with Gasteiger partial charge < -0.3 is 15.5 Å². The Morgan fingerprint density at radius 3 is 2.58 bits per heavy atom. The molecule has 1 aliphatic carbocycles. The molecule has 0 aliphatic heterocycles. The second-order valence-corrected chi connectivity index (χ2v) is 5.48. The van der Waals surface area contributed by atoms with E-state index in [0.717, 1.165) is 31.2 Å². The first-order valence-electron chi connectivity index (χ1n) is 6.79. The van der Waals surface area contributed by atoms with Crippen LogP contribution >= 0.6 is 0 Å². The van der Waals surface area contributed by atoms with E-state index in [1.165, 1.54) is 6.42 Å². The molecular formula is C15H21NO3. The molecule has 0 amide bonds. The van der Waals surface area contributed by atoms with Crippen LogP contribution in [0.1, 0.15) is 48.0 Å². The normalized spacial score (nSPS) is 18.0. The summed E-state index contributed by atoms with van der Waals surface area (Å²) >= 11 is 0. The van der Waals surface area contributed by atoms with Crippen LogP contribution in [0.4, 0.5) is 5.69 Å². The van der Waals surface area contributed by atoms with E-state index >= 15 is 0 Å². The fraction of sp³-hybridized carbons (Fsp3) is 0.533. The van der Waals surface area contributed by atoms with Crippen LogP contribution in [0.5, 0.6) is 0 Å². The predicted octanol–water partition coefficient (Wildman–Crippen LogP) is 2.80. The van der Waals surface area contributed by atoms with Crippen molar-refractivity contribution in [3.8, 4) is 0 Å². The van der Waals surface area contributed by atoms with Gasteiger partial charge in [-0.15, -0.1) is 0 Å². The lowest BCUT2D eigenvalue weighted by atomic mass is 9.82. The number of benzene rings is 1. The molecule has 0 radical (unpaired) electrons. The summed E-state index contributed by atoms with van der Waals surface area (Å²) in [4.78, 5) is 11.3. The topological polar surface area (TPSA) is 69.6 Å². The zero-order chi connectivity index (χ0) is 13.9. The Morgan fingerprint density at radius 1 is 1.32 bits per heavy atom. The first kappa shape index (κ1) is 13.9. The number of anilines is 1. The maximum absolute atomic E-state index is 11.3. The van der Waals surface area contributed by atoms with Crippen molar-refractivity contribution in [2.24, 2.45) is 0 Å². The van der Waals surface area contributed by atoms with Crippen molar-refractivity contribution < 1.29 is 15.0 Å². The number of nitrogens with one attached hydrogen (secondary N) is 1. The molecule has 1 aromatic rings. The molecule has 0 atom stereocenters. The Labute approximate surface area is 113 Å². The Hall–Kier alpha value is -1.55. The van der Waals surface area contributed by atoms with Gasteiger partial charge in [-0.2, -0.15) is 0 Å². The Kier molecular flexibility index (Phi) is 4.10. The van der Waals surface area contributed by atoms with E-state index in [9.17, 15) is 15.0 Å². The van der Waals surface area contributed by atoms with Crippen LogP contribution in [0.15, 0.2) is 18.2 Å². The molecule has 104 valence electrons. The summed E-state index contributed by atoms with van der Waals surface area (Å²) < 4.78 is 0. The van der Waals surface area contributed by atoms with Crippen molar-refractivity contribution in [1.82, 2.24) is 0 Å². The molecule has 3 N–H and O–H groups in total. The molecule has 1 saturated carbocycles. The SMILES string of the molecule is Cc1ccc(C(=O)O)c(NC2(CO)CCCCC2)c1. The minimum absolute atomic E-state index is 0.0417. The monoisotopic (exact) mass is 263 g/mol. The molecule has 4 nitrogen and oxygen atoms in total. The van der Waals surface area contributed by atoms with Crippen molar-refractivity contribution in [3.63, 3.8) is 0 Å². The highest BCUT2D eigenvalue weighted by atomic mass is 16.4. The number of hydrogen-bond acceptors (Lipinski definition) is 3. The number of carbonyl (C=O) groups is 1. The average Bonchev–Trinajstić information content (AvgIpc) is 2.39. The number of carboxylic acids is 1. The van der Waals surface area contributed by atoms with Crippen LogP contribution in [0, 0.1) is 6.92 Å². The van der Waals surface area contributed by atoms with E-state index < -0.39 is 5.97 Å². The van der Waals surface area contributed by atoms with Gasteiger partial charge in [0.05, 0.1) is 17.7 Å². The third kappa shape index (κ3) is 3.07. The molecule has 0 heterocycles. The molecule has 2 rings (SSSR count). The quantitative estimate of drug-likeness (QED) is 0.781. The molecule has 0 aromatic heterocycles. The fourth-order valence-corrected chi connectivity index (χ4v) is 2.78. The number of rotatable bonds is 4. The summed E-state index contributed by atoms with van der Waals surface area (Å²) in [6.45, 7) is 1.98. The Balaban J connectivity index is 2.30. The fourth-order valence-electron chi connectivity index (χ4n) is 2.78. The van der Waals surface area contributed by atoms with Gasteiger partial charge in [0.25, 0.3) is 0 Å². The number of hydrogen-bond donors (Lipinski definition) is 3. The maximum Gasteiger partial charge on any atom is 0.337 e. The van der Waals surface area contributed by atoms with Crippen LogP contribution in [0.25, 0.3) is 0 Å². The van der Waals surface area contributed by atoms with E-state index in [1.54, 1.807) is 12.1 Å². The van der Waals surface area contributed by atoms with Gasteiger partial charge in [-0.25, -0.2) is 4.79 Å². The van der Waals surface area contributed by atoms with Crippen molar-refractivity contribution in [2.45, 2.75) is 44.6 Å². The summed E-state index contributed by atoms with van der Waals surface area (Å²) in [6, 6.07) is 5.25. The first-order chi connectivity index (χ1) is 9.06. The van der Waals surface area contributed by atoms with Crippen molar-refractivity contribution in [1.29, 1.82) is 0 Å². The van der Waals surface area contributed by atoms with Crippen LogP contribution in [-0.2, 0) is 0 Å². The highest BCUT2D eigenvalue weighted by Gasteiger charge is 2.32. The lowest BCUT2D eigenvalue weighted by Gasteiger charge is -2.37. The van der Waals surface area contributed by atoms with E-state index in [0.29, 0.717) is 5.69 Å². The van der Waals surface area contributed by atoms with Gasteiger partial charge >= 0.3 is 5.97 Å². The minimum Gasteiger partial charge on any atom is -0.478 e. The van der Waals surface area contributed by atoms with Crippen LogP contribution in [0.3, 0.4) is 0 Å². The first-order valence-corrected chi connectivity index (χ1v) is 6.79. The van der Waals surface area contributed by atoms with Gasteiger partial charge in [0, 0.05) is 5.69 Å². The molecule has 1 aromatic carbocycles. The van der Waals surface area contributed by atoms with Crippen molar-refractivity contribution in [3.05, 3.63) is 29.3 Å². The molecule has 19 heavy (non-hydrogen) atoms. The van der Waals surface area contributed by atoms with Gasteiger partial charge in [0.15, 0.2) is 0 Å². The van der Waals surface area contributed by atoms with E-state index in [-0.39, 0.29) is 17.7 Å². The lowest BCUT2D eigenvalue weighted by molar-refractivity contribution is 0.0697. The molecule has 0 saturated heterocycles. The van der Waals surface area contributed by atoms with E-state index in [1.807, 2.05) is 13.0 Å². The number of aryl methyl sites for hydroxylation is 1. The van der Waals surface area contributed by atoms with E-state index in [4.69, 9.17) is 0 Å². The van der Waals surface area contributed by atoms with Crippen LogP contribution < -0.4 is 5.32 Å². The summed E-state index contributed by atoms with van der Waals surface area (Å²) in [5.41, 5.74) is 1.53. The Bertz CT molecular complexity index is 464. The molecule has 0 spiro atoms. The highest BCUT2D eigenvalue weighted by Crippen LogP contribution is 2.32. The number of carboxylic acid groups (broad SMARTS) is 1. The second kappa shape index (κ2) is 5.61. The van der Waals surface area contributed by atoms with Crippen molar-refractivity contribution >= 4 is 11.7 Å². The number of aliphatic hydroxyl groups excluding tert-OH is 1. The summed E-state index contributed by atoms with van der Waals surface area (Å²) in [5.74, 6) is -0.939. The minimum atomic E-state index is -0.939. The zero-order valence-corrected chi connectivity index (χ0v) is 11.3. The van der Waals surface area contributed by atoms with E-state index in [2.05, 4.69) is 5.32 Å². The predicted molar refractivity (Wildman–Crippen MR) is 74.7 cm³/mol. The molecule has 0 unspecified atom stereocenters. The smallest absolute Gasteiger partial charge is 0.337 e. The van der Waals surface area contributed by atoms with Gasteiger partial charge in [-0.05, 0) is 37.5 Å². The molecule has 1 aliphatic rings. The molecule has 0 bridgehead atoms. The summed E-state index contributed by atoms with van der Waals surface area (Å²) in [7, 11) is 0. The maximum atomic E-state index is 11.3. The third-order valence-electron chi connectivity index (χ3n) is 3.92. The summed E-state index contributed by atoms with van der Waals surface area (Å²) in [6.07, 6.45) is 5.10. The van der Waals surface area contributed by atoms with Gasteiger partial charge in [0.1, 0.15) is 0 Å². The highest BCUT2D eigenvalue weighted by molar-refractivity contribution is 5.94. The lowest BCUT2D eigenvalue weighted by Crippen LogP contribution is -2.44. The largest absolute Gasteiger partial charge is 0.478 e. The molecule has 4 heteroatoms. The van der Waals surface area contributed by atoms with Crippen LogP contribution in [-0.4, -0.2) is 28.3 Å². The molecule has 1 fully saturated rings. The zero-order valence-electron chi connectivity index (χ0n) is 11.3. The molecular weight excluding hydrogens is 242 g/mol. The van der Waals surface area contributed by atoms with Gasteiger partial charge in [0.2, 0.25) is 0 Å². The van der Waals surface area contributed by atoms with Crippen molar-refractivity contribution in [2.75, 3.05) is 11.9 Å². The summed E-state index contributed by atoms with van der Waals surface area (Å²) in [5, 5.41) is 22.2. The Morgan fingerprint density at radius 2 is 2.00 bits per heavy atom. The second-order valence-electron chi connectivity index (χ2n) is 5.48. The average molecular weight is 263 g/mol. The standard InChI is InChI=1S/C15H21NO3/c1-11-5-6-12(14(18)19)13(9-11)16-15(10-17)7-3-2-4-8-15/h5-6,9,16-17H,2-4,7-8,10H2,1H3,(H,18,19).